The number of likely N-dealkylation sites (N-methyl/N-ethyl adjacent to an activating group) is 1. The van der Waals surface area contributed by atoms with Crippen molar-refractivity contribution in [3.05, 3.63) is 129 Å². The standard InChI is InChI=1S/C79H95NO9/c1-80-66-37-59-50(13-6-16-54(59)41-81)21-25-73-24-20-48(39-73)30-46-9-4-8-45(28-46)29-47-10-5-14-51(31-47)52-18-19-63-55(32-52)33-57-23-27-88-72-65-35-53-15-7-17-58(49-11-2-3-12-49)60(53)36-64-71(84)79(87)67(75(44-82,78(64,65)86)43-76(57,63)72)22-26-74(42-73)69-56(40-77(74,79)85)34-61(66)70-62(69)38-68(83)89-70/h4-10,13-16,28,31,38,44,48-49,52-53,55-58,60-61,63-67,69-72,80-81,84-87H,2-3,11-12,17-20,22-24,26-27,29-30,32-37,39-43H2,1H3. The number of hydrogen-bond donors (Lipinski definition) is 6. The summed E-state index contributed by atoms with van der Waals surface area (Å²) in [5.41, 5.74) is -0.764. The Morgan fingerprint density at radius 2 is 1.60 bits per heavy atom. The molecule has 10 saturated carbocycles. The van der Waals surface area contributed by atoms with Crippen LogP contribution in [0.25, 0.3) is 0 Å². The molecule has 10 nitrogen and oxygen atoms in total. The smallest absolute Gasteiger partial charge is 0.331 e. The molecule has 470 valence electrons. The molecule has 0 aromatic heterocycles. The van der Waals surface area contributed by atoms with Crippen LogP contribution in [0.1, 0.15) is 180 Å². The molecule has 11 fully saturated rings. The zero-order chi connectivity index (χ0) is 60.2. The van der Waals surface area contributed by atoms with E-state index in [4.69, 9.17) is 9.47 Å². The number of esters is 1. The summed E-state index contributed by atoms with van der Waals surface area (Å²) in [6.45, 7) is 0.480. The van der Waals surface area contributed by atoms with E-state index in [-0.39, 0.29) is 72.6 Å². The van der Waals surface area contributed by atoms with E-state index < -0.39 is 74.3 Å². The van der Waals surface area contributed by atoms with Crippen molar-refractivity contribution < 1.29 is 44.6 Å². The Bertz CT molecular complexity index is 3520. The first-order valence-electron chi connectivity index (χ1n) is 35.8. The molecule has 89 heavy (non-hydrogen) atoms. The van der Waals surface area contributed by atoms with Crippen molar-refractivity contribution in [3.63, 3.8) is 0 Å². The summed E-state index contributed by atoms with van der Waals surface area (Å²) in [6, 6.07) is 24.6. The highest BCUT2D eigenvalue weighted by molar-refractivity contribution is 5.86. The fourth-order valence-electron chi connectivity index (χ4n) is 27.5. The summed E-state index contributed by atoms with van der Waals surface area (Å²) < 4.78 is 14.2. The maximum absolute atomic E-state index is 16.1. The van der Waals surface area contributed by atoms with Crippen LogP contribution >= 0.6 is 0 Å². The molecule has 3 aromatic rings. The van der Waals surface area contributed by atoms with Gasteiger partial charge in [-0.15, -0.1) is 0 Å². The lowest BCUT2D eigenvalue weighted by molar-refractivity contribution is -0.393. The number of benzene rings is 3. The summed E-state index contributed by atoms with van der Waals surface area (Å²) in [5.74, 6) is 7.06. The first-order valence-corrected chi connectivity index (χ1v) is 35.8. The maximum atomic E-state index is 16.1. The van der Waals surface area contributed by atoms with Crippen LogP contribution in [-0.4, -0.2) is 92.6 Å². The van der Waals surface area contributed by atoms with Crippen molar-refractivity contribution in [2.24, 2.45) is 105 Å². The highest BCUT2D eigenvalue weighted by atomic mass is 16.5. The molecule has 3 aromatic carbocycles. The number of fused-ring (bicyclic) bond motifs is 3. The van der Waals surface area contributed by atoms with E-state index >= 15 is 20.1 Å². The third kappa shape index (κ3) is 7.65. The van der Waals surface area contributed by atoms with Gasteiger partial charge in [0.1, 0.15) is 23.6 Å². The number of hydrogen-bond acceptors (Lipinski definition) is 10. The van der Waals surface area contributed by atoms with E-state index in [9.17, 15) is 15.0 Å². The van der Waals surface area contributed by atoms with Gasteiger partial charge in [-0.3, -0.25) is 0 Å². The van der Waals surface area contributed by atoms with Crippen LogP contribution in [0.3, 0.4) is 0 Å². The molecule has 1 saturated heterocycles. The van der Waals surface area contributed by atoms with Gasteiger partial charge >= 0.3 is 5.97 Å². The van der Waals surface area contributed by atoms with E-state index in [0.717, 1.165) is 99.2 Å². The minimum atomic E-state index is -2.24. The molecule has 25 unspecified atom stereocenters. The minimum Gasteiger partial charge on any atom is -0.454 e. The van der Waals surface area contributed by atoms with Crippen molar-refractivity contribution in [3.8, 4) is 11.8 Å². The van der Waals surface area contributed by atoms with Gasteiger partial charge in [0.15, 0.2) is 0 Å². The second-order valence-electron chi connectivity index (χ2n) is 33.2. The third-order valence-electron chi connectivity index (χ3n) is 30.4. The normalized spacial score (nSPS) is 49.3. The largest absolute Gasteiger partial charge is 0.454 e. The Kier molecular flexibility index (Phi) is 13.0. The van der Waals surface area contributed by atoms with E-state index in [1.165, 1.54) is 47.9 Å². The Balaban J connectivity index is 0.884. The Morgan fingerprint density at radius 3 is 2.44 bits per heavy atom. The van der Waals surface area contributed by atoms with Gasteiger partial charge in [0, 0.05) is 64.2 Å². The first kappa shape index (κ1) is 57.2. The van der Waals surface area contributed by atoms with Crippen molar-refractivity contribution >= 4 is 12.3 Å². The van der Waals surface area contributed by atoms with Crippen LogP contribution in [0.5, 0.6) is 0 Å². The molecular weight excluding hydrogens is 1110 g/mol. The van der Waals surface area contributed by atoms with Crippen molar-refractivity contribution in [1.82, 2.24) is 5.32 Å². The third-order valence-corrected chi connectivity index (χ3v) is 30.4. The van der Waals surface area contributed by atoms with Gasteiger partial charge < -0.3 is 45.1 Å². The fraction of sp³-hybridized carbons (Fsp3) is 0.671. The quantitative estimate of drug-likeness (QED) is 0.0641. The van der Waals surface area contributed by atoms with Crippen LogP contribution in [0, 0.1) is 116 Å². The zero-order valence-corrected chi connectivity index (χ0v) is 52.4. The average Bonchev–Trinajstić information content (AvgIpc) is 1.62. The summed E-state index contributed by atoms with van der Waals surface area (Å²) in [6.07, 6.45) is 24.4. The molecule has 10 heteroatoms. The van der Waals surface area contributed by atoms with E-state index in [0.29, 0.717) is 81.6 Å². The number of ether oxygens (including phenoxy) is 2. The second kappa shape index (κ2) is 20.3. The molecule has 2 aliphatic heterocycles. The number of nitrogens with one attached hydrogen (secondary N) is 1. The number of allylic oxidation sites excluding steroid dienone is 2. The average molecular weight is 1200 g/mol. The molecular formula is C79H95NO9. The molecule has 6 N–H and O–H groups in total. The number of carbonyl (C=O) groups excluding carboxylic acids is 2. The predicted molar refractivity (Wildman–Crippen MR) is 337 cm³/mol. The monoisotopic (exact) mass is 1200 g/mol. The highest BCUT2D eigenvalue weighted by Crippen LogP contribution is 2.82. The van der Waals surface area contributed by atoms with Gasteiger partial charge in [-0.25, -0.2) is 4.79 Å². The highest BCUT2D eigenvalue weighted by Gasteiger charge is 2.88. The molecule has 0 amide bonds. The molecule has 25 atom stereocenters. The van der Waals surface area contributed by atoms with Crippen LogP contribution in [0.15, 0.2) is 90.5 Å². The lowest BCUT2D eigenvalue weighted by Gasteiger charge is -2.76. The number of aliphatic hydroxyl groups is 5. The first-order chi connectivity index (χ1) is 43.2. The van der Waals surface area contributed by atoms with Gasteiger partial charge in [-0.05, 0) is 246 Å². The van der Waals surface area contributed by atoms with Crippen LogP contribution in [0.2, 0.25) is 0 Å². The van der Waals surface area contributed by atoms with Gasteiger partial charge in [-0.2, -0.15) is 0 Å². The van der Waals surface area contributed by atoms with Crippen molar-refractivity contribution in [1.29, 1.82) is 0 Å². The van der Waals surface area contributed by atoms with Gasteiger partial charge in [0.2, 0.25) is 0 Å². The minimum absolute atomic E-state index is 0.109. The number of carbonyl (C=O) groups is 2. The van der Waals surface area contributed by atoms with Gasteiger partial charge in [0.25, 0.3) is 0 Å². The van der Waals surface area contributed by atoms with Crippen LogP contribution in [-0.2, 0) is 44.9 Å². The summed E-state index contributed by atoms with van der Waals surface area (Å²) in [4.78, 5) is 30.5. The number of rotatable bonds is 4. The Hall–Kier alpha value is -4.44. The van der Waals surface area contributed by atoms with E-state index in [1.54, 1.807) is 6.08 Å². The lowest BCUT2D eigenvalue weighted by Crippen LogP contribution is -2.87. The second-order valence-corrected chi connectivity index (χ2v) is 33.2. The fourth-order valence-corrected chi connectivity index (χ4v) is 27.5. The molecule has 2 heterocycles. The summed E-state index contributed by atoms with van der Waals surface area (Å²) in [7, 11) is 1.98. The van der Waals surface area contributed by atoms with Crippen molar-refractivity contribution in [2.75, 3.05) is 13.7 Å². The van der Waals surface area contributed by atoms with E-state index in [1.807, 2.05) is 19.2 Å². The molecule has 19 aliphatic rings. The van der Waals surface area contributed by atoms with Gasteiger partial charge in [0.05, 0.1) is 29.8 Å². The molecule has 22 rings (SSSR count). The van der Waals surface area contributed by atoms with Gasteiger partial charge in [-0.1, -0.05) is 110 Å². The Labute approximate surface area is 526 Å². The maximum Gasteiger partial charge on any atom is 0.331 e. The van der Waals surface area contributed by atoms with Crippen molar-refractivity contribution in [2.45, 2.75) is 208 Å². The number of aldehydes is 1. The predicted octanol–water partition coefficient (Wildman–Crippen LogP) is 11.1. The SMILES string of the molecule is CNC1Cc2c(cccc2CO)C#CC23CCC(Cc4cccc(c4)Cc4cccc(c4)C4CCC5C(C4)CC4CCOC6C7CC8C=CCC(C9CCCC9)C8CC8C(O)C9(O)C(CCC%10(C2)C2C%11=CC(=O)OC%11C1CC2CC%109O)C(C=O)(CC456)C78O)C3. The van der Waals surface area contributed by atoms with Crippen LogP contribution in [0.4, 0.5) is 0 Å². The summed E-state index contributed by atoms with van der Waals surface area (Å²) >= 11 is 0. The zero-order valence-electron chi connectivity index (χ0n) is 52.4. The lowest BCUT2D eigenvalue weighted by atomic mass is 9.31. The van der Waals surface area contributed by atoms with E-state index in [2.05, 4.69) is 83.9 Å². The molecule has 17 aliphatic carbocycles. The Morgan fingerprint density at radius 1 is 0.764 bits per heavy atom. The topological polar surface area (TPSA) is 166 Å². The number of aliphatic hydroxyl groups excluding tert-OH is 2. The molecule has 17 bridgehead atoms. The molecule has 0 radical (unpaired) electrons. The summed E-state index contributed by atoms with van der Waals surface area (Å²) in [5, 5.41) is 76.2. The van der Waals surface area contributed by atoms with Crippen LogP contribution < -0.4 is 5.32 Å². The molecule has 3 spiro atoms.